The van der Waals surface area contributed by atoms with E-state index < -0.39 is 0 Å². The molecular weight excluding hydrogens is 206 g/mol. The van der Waals surface area contributed by atoms with Gasteiger partial charge in [0, 0.05) is 12.8 Å². The van der Waals surface area contributed by atoms with Gasteiger partial charge in [0.1, 0.15) is 5.60 Å². The number of carbonyl (C=O) groups is 1. The quantitative estimate of drug-likeness (QED) is 0.783. The third-order valence-corrected chi connectivity index (χ3v) is 2.99. The zero-order valence-corrected chi connectivity index (χ0v) is 9.91. The molecule has 1 unspecified atom stereocenters. The molecule has 0 radical (unpaired) electrons. The molecule has 4 nitrogen and oxygen atoms in total. The molecule has 0 spiro atoms. The van der Waals surface area contributed by atoms with Gasteiger partial charge in [0.05, 0.1) is 6.61 Å². The van der Waals surface area contributed by atoms with Crippen molar-refractivity contribution in [2.75, 3.05) is 13.2 Å². The monoisotopic (exact) mass is 225 g/mol. The second-order valence-electron chi connectivity index (χ2n) is 5.11. The highest BCUT2D eigenvalue weighted by atomic mass is 16.6. The third kappa shape index (κ3) is 3.23. The van der Waals surface area contributed by atoms with Crippen LogP contribution in [0.25, 0.3) is 0 Å². The van der Waals surface area contributed by atoms with Crippen LogP contribution in [0.1, 0.15) is 33.1 Å². The largest absolute Gasteiger partial charge is 0.443 e. The zero-order valence-electron chi connectivity index (χ0n) is 9.91. The lowest BCUT2D eigenvalue weighted by molar-refractivity contribution is 0.0909. The van der Waals surface area contributed by atoms with Crippen LogP contribution in [0.3, 0.4) is 0 Å². The molecule has 2 fully saturated rings. The van der Waals surface area contributed by atoms with Crippen molar-refractivity contribution in [1.82, 2.24) is 5.32 Å². The summed E-state index contributed by atoms with van der Waals surface area (Å²) in [7, 11) is 0. The van der Waals surface area contributed by atoms with Crippen LogP contribution in [0.5, 0.6) is 0 Å². The third-order valence-electron chi connectivity index (χ3n) is 2.99. The minimum Gasteiger partial charge on any atom is -0.443 e. The van der Waals surface area contributed by atoms with E-state index in [2.05, 4.69) is 12.2 Å². The summed E-state index contributed by atoms with van der Waals surface area (Å²) in [5.74, 6) is 0.527. The van der Waals surface area contributed by atoms with Gasteiger partial charge >= 0.3 is 6.09 Å². The van der Waals surface area contributed by atoms with E-state index in [0.717, 1.165) is 31.4 Å². The molecule has 1 aliphatic heterocycles. The molecule has 1 aliphatic carbocycles. The van der Waals surface area contributed by atoms with Gasteiger partial charge in [-0.15, -0.1) is 0 Å². The maximum atomic E-state index is 11.4. The van der Waals surface area contributed by atoms with Gasteiger partial charge in [-0.05, 0) is 37.7 Å². The molecule has 1 atom stereocenters. The standard InChI is InChI=1S/C12H19NO3/c1-9-5-10(8-15-7-9)6-13-11(14)16-12(2)3-4-12/h6,9H,3-5,7-8H2,1-2H3,(H,13,14)/b10-6-. The van der Waals surface area contributed by atoms with Gasteiger partial charge in [-0.3, -0.25) is 5.32 Å². The fourth-order valence-corrected chi connectivity index (χ4v) is 1.75. The average molecular weight is 225 g/mol. The van der Waals surface area contributed by atoms with Crippen molar-refractivity contribution in [3.05, 3.63) is 11.8 Å². The first-order chi connectivity index (χ1) is 7.57. The van der Waals surface area contributed by atoms with Crippen LogP contribution in [-0.4, -0.2) is 24.9 Å². The van der Waals surface area contributed by atoms with Crippen molar-refractivity contribution in [3.8, 4) is 0 Å². The summed E-state index contributed by atoms with van der Waals surface area (Å²) in [5, 5.41) is 2.67. The smallest absolute Gasteiger partial charge is 0.411 e. The molecule has 1 amide bonds. The van der Waals surface area contributed by atoms with E-state index in [9.17, 15) is 4.79 Å². The highest BCUT2D eigenvalue weighted by Crippen LogP contribution is 2.38. The molecule has 0 aromatic carbocycles. The summed E-state index contributed by atoms with van der Waals surface area (Å²) in [6.07, 6.45) is 4.29. The fourth-order valence-electron chi connectivity index (χ4n) is 1.75. The molecule has 4 heteroatoms. The molecule has 0 aromatic heterocycles. The Morgan fingerprint density at radius 3 is 3.00 bits per heavy atom. The van der Waals surface area contributed by atoms with Crippen LogP contribution in [0, 0.1) is 5.92 Å². The fraction of sp³-hybridized carbons (Fsp3) is 0.750. The minimum absolute atomic E-state index is 0.209. The van der Waals surface area contributed by atoms with Gasteiger partial charge in [0.25, 0.3) is 0 Å². The molecule has 1 heterocycles. The molecular formula is C12H19NO3. The van der Waals surface area contributed by atoms with Crippen LogP contribution in [0.15, 0.2) is 11.8 Å². The Morgan fingerprint density at radius 1 is 1.62 bits per heavy atom. The number of ether oxygens (including phenoxy) is 2. The highest BCUT2D eigenvalue weighted by Gasteiger charge is 2.41. The molecule has 1 saturated heterocycles. The van der Waals surface area contributed by atoms with Crippen molar-refractivity contribution in [2.45, 2.75) is 38.7 Å². The Hall–Kier alpha value is -1.03. The van der Waals surface area contributed by atoms with Crippen molar-refractivity contribution >= 4 is 6.09 Å². The molecule has 2 aliphatic rings. The summed E-state index contributed by atoms with van der Waals surface area (Å²) < 4.78 is 10.6. The van der Waals surface area contributed by atoms with Crippen molar-refractivity contribution in [3.63, 3.8) is 0 Å². The Bertz CT molecular complexity index is 307. The second-order valence-corrected chi connectivity index (χ2v) is 5.11. The lowest BCUT2D eigenvalue weighted by atomic mass is 10.0. The lowest BCUT2D eigenvalue weighted by Gasteiger charge is -2.21. The molecule has 0 aromatic rings. The Morgan fingerprint density at radius 2 is 2.38 bits per heavy atom. The SMILES string of the molecule is CC1COC/C(=C\NC(=O)OC2(C)CC2)C1. The van der Waals surface area contributed by atoms with Crippen molar-refractivity contribution in [1.29, 1.82) is 0 Å². The summed E-state index contributed by atoms with van der Waals surface area (Å²) in [4.78, 5) is 11.4. The second kappa shape index (κ2) is 4.45. The summed E-state index contributed by atoms with van der Waals surface area (Å²) in [6.45, 7) is 5.50. The number of alkyl carbamates (subject to hydrolysis) is 1. The number of rotatable bonds is 2. The molecule has 16 heavy (non-hydrogen) atoms. The van der Waals surface area contributed by atoms with E-state index in [1.165, 1.54) is 0 Å². The number of amides is 1. The molecule has 2 rings (SSSR count). The van der Waals surface area contributed by atoms with Crippen LogP contribution in [-0.2, 0) is 9.47 Å². The predicted octanol–water partition coefficient (Wildman–Crippen LogP) is 2.21. The van der Waals surface area contributed by atoms with Crippen molar-refractivity contribution < 1.29 is 14.3 Å². The normalized spacial score (nSPS) is 29.9. The Balaban J connectivity index is 1.76. The van der Waals surface area contributed by atoms with Crippen LogP contribution >= 0.6 is 0 Å². The maximum Gasteiger partial charge on any atom is 0.411 e. The van der Waals surface area contributed by atoms with Gasteiger partial charge in [0.15, 0.2) is 0 Å². The number of hydrogen-bond donors (Lipinski definition) is 1. The first-order valence-corrected chi connectivity index (χ1v) is 5.83. The van der Waals surface area contributed by atoms with E-state index in [1.807, 2.05) is 6.92 Å². The van der Waals surface area contributed by atoms with Gasteiger partial charge < -0.3 is 9.47 Å². The van der Waals surface area contributed by atoms with E-state index in [4.69, 9.17) is 9.47 Å². The predicted molar refractivity (Wildman–Crippen MR) is 59.9 cm³/mol. The number of carbonyl (C=O) groups excluding carboxylic acids is 1. The molecule has 90 valence electrons. The van der Waals surface area contributed by atoms with E-state index in [-0.39, 0.29) is 11.7 Å². The molecule has 1 N–H and O–H groups in total. The number of nitrogens with one attached hydrogen (secondary N) is 1. The van der Waals surface area contributed by atoms with Gasteiger partial charge in [0.2, 0.25) is 0 Å². The van der Waals surface area contributed by atoms with Crippen molar-refractivity contribution in [2.24, 2.45) is 5.92 Å². The van der Waals surface area contributed by atoms with Crippen LogP contribution in [0.2, 0.25) is 0 Å². The minimum atomic E-state index is -0.356. The average Bonchev–Trinajstić information content (AvgIpc) is 2.93. The van der Waals surface area contributed by atoms with Crippen LogP contribution < -0.4 is 5.32 Å². The Kier molecular flexibility index (Phi) is 3.19. The first kappa shape index (κ1) is 11.5. The van der Waals surface area contributed by atoms with E-state index in [1.54, 1.807) is 6.20 Å². The number of hydrogen-bond acceptors (Lipinski definition) is 3. The molecule has 0 bridgehead atoms. The van der Waals surface area contributed by atoms with E-state index in [0.29, 0.717) is 12.5 Å². The van der Waals surface area contributed by atoms with Crippen LogP contribution in [0.4, 0.5) is 4.79 Å². The van der Waals surface area contributed by atoms with E-state index >= 15 is 0 Å². The Labute approximate surface area is 96.0 Å². The van der Waals surface area contributed by atoms with Gasteiger partial charge in [-0.25, -0.2) is 4.79 Å². The first-order valence-electron chi connectivity index (χ1n) is 5.83. The summed E-state index contributed by atoms with van der Waals surface area (Å²) in [5.41, 5.74) is 0.913. The molecule has 1 saturated carbocycles. The van der Waals surface area contributed by atoms with Gasteiger partial charge in [-0.2, -0.15) is 0 Å². The lowest BCUT2D eigenvalue weighted by Crippen LogP contribution is -2.26. The van der Waals surface area contributed by atoms with Gasteiger partial charge in [-0.1, -0.05) is 6.92 Å². The summed E-state index contributed by atoms with van der Waals surface area (Å²) >= 11 is 0. The summed E-state index contributed by atoms with van der Waals surface area (Å²) in [6, 6.07) is 0. The highest BCUT2D eigenvalue weighted by molar-refractivity contribution is 5.69. The maximum absolute atomic E-state index is 11.4. The zero-order chi connectivity index (χ0) is 11.6. The topological polar surface area (TPSA) is 47.6 Å².